The second-order valence-electron chi connectivity index (χ2n) is 8.06. The first-order chi connectivity index (χ1) is 14.1. The molecule has 3 nitrogen and oxygen atoms in total. The zero-order valence-electron chi connectivity index (χ0n) is 18.9. The van der Waals surface area contributed by atoms with Crippen LogP contribution in [-0.2, 0) is 9.80 Å². The Morgan fingerprint density at radius 2 is 1.21 bits per heavy atom. The molecular formula is C25H44O3S. The first-order valence-corrected chi connectivity index (χ1v) is 13.5. The smallest absolute Gasteiger partial charge is 0.119 e. The summed E-state index contributed by atoms with van der Waals surface area (Å²) >= 11 is 0. The van der Waals surface area contributed by atoms with Crippen molar-refractivity contribution in [2.45, 2.75) is 115 Å². The van der Waals surface area contributed by atoms with E-state index in [9.17, 15) is 8.76 Å². The van der Waals surface area contributed by atoms with E-state index < -0.39 is 9.80 Å². The first kappa shape index (κ1) is 26.0. The van der Waals surface area contributed by atoms with E-state index in [4.69, 9.17) is 4.74 Å². The molecule has 1 rings (SSSR count). The molecule has 168 valence electrons. The van der Waals surface area contributed by atoms with Crippen LogP contribution in [0, 0.1) is 0 Å². The molecule has 0 saturated carbocycles. The Balaban J connectivity index is 1.96. The van der Waals surface area contributed by atoms with Crippen molar-refractivity contribution in [1.82, 2.24) is 0 Å². The highest BCUT2D eigenvalue weighted by Gasteiger charge is 2.05. The number of ether oxygens (including phenoxy) is 1. The summed E-state index contributed by atoms with van der Waals surface area (Å²) in [6.07, 6.45) is 19.5. The lowest BCUT2D eigenvalue weighted by Gasteiger charge is -2.08. The van der Waals surface area contributed by atoms with Crippen molar-refractivity contribution in [3.63, 3.8) is 0 Å². The summed E-state index contributed by atoms with van der Waals surface area (Å²) in [6, 6.07) is 6.96. The van der Waals surface area contributed by atoms with Crippen molar-refractivity contribution in [1.29, 1.82) is 0 Å². The van der Waals surface area contributed by atoms with Crippen molar-refractivity contribution in [3.8, 4) is 5.75 Å². The topological polar surface area (TPSA) is 46.5 Å². The Morgan fingerprint density at radius 3 is 1.66 bits per heavy atom. The van der Waals surface area contributed by atoms with Gasteiger partial charge in [-0.3, -0.25) is 0 Å². The third-order valence-corrected chi connectivity index (χ3v) is 7.05. The summed E-state index contributed by atoms with van der Waals surface area (Å²) in [4.78, 5) is 0.447. The Kier molecular flexibility index (Phi) is 15.0. The van der Waals surface area contributed by atoms with Gasteiger partial charge >= 0.3 is 0 Å². The van der Waals surface area contributed by atoms with Crippen LogP contribution in [0.4, 0.5) is 0 Å². The zero-order valence-corrected chi connectivity index (χ0v) is 19.7. The normalized spacial score (nSPS) is 13.2. The van der Waals surface area contributed by atoms with Gasteiger partial charge in [0.25, 0.3) is 0 Å². The molecule has 0 amide bonds. The van der Waals surface area contributed by atoms with Crippen LogP contribution in [0.3, 0.4) is 0 Å². The average molecular weight is 425 g/mol. The predicted octanol–water partition coefficient (Wildman–Crippen LogP) is 7.88. The lowest BCUT2D eigenvalue weighted by atomic mass is 10.0. The molecule has 0 fully saturated rings. The van der Waals surface area contributed by atoms with E-state index in [-0.39, 0.29) is 0 Å². The van der Waals surface area contributed by atoms with Gasteiger partial charge in [-0.05, 0) is 42.5 Å². The molecule has 0 aliphatic heterocycles. The van der Waals surface area contributed by atoms with Gasteiger partial charge < -0.3 is 9.29 Å². The van der Waals surface area contributed by atoms with Crippen LogP contribution in [0.2, 0.25) is 0 Å². The van der Waals surface area contributed by atoms with E-state index in [0.717, 1.165) is 12.2 Å². The molecular weight excluding hydrogens is 380 g/mol. The summed E-state index contributed by atoms with van der Waals surface area (Å²) < 4.78 is 27.7. The van der Waals surface area contributed by atoms with Crippen LogP contribution in [0.5, 0.6) is 5.75 Å². The fraction of sp³-hybridized carbons (Fsp3) is 0.720. The van der Waals surface area contributed by atoms with Crippen molar-refractivity contribution >= 4 is 15.2 Å². The minimum atomic E-state index is -3.01. The van der Waals surface area contributed by atoms with Crippen LogP contribution < -0.4 is 4.74 Å². The number of hydrogen-bond acceptors (Lipinski definition) is 2. The molecule has 0 radical (unpaired) electrons. The second-order valence-corrected chi connectivity index (χ2v) is 10.0. The lowest BCUT2D eigenvalue weighted by molar-refractivity contribution is 0.304. The summed E-state index contributed by atoms with van der Waals surface area (Å²) in [6.45, 7) is 4.86. The molecule has 0 aromatic heterocycles. The minimum absolute atomic E-state index is 0.447. The average Bonchev–Trinajstić information content (AvgIpc) is 2.71. The van der Waals surface area contributed by atoms with Crippen molar-refractivity contribution in [2.24, 2.45) is 0 Å². The molecule has 1 unspecified atom stereocenters. The maximum Gasteiger partial charge on any atom is 0.119 e. The SMILES string of the molecule is CCC=S(=O)(O)c1ccc(OCCCCCCCCCCCCCCCC)cc1. The van der Waals surface area contributed by atoms with Crippen LogP contribution in [0.15, 0.2) is 29.2 Å². The zero-order chi connectivity index (χ0) is 21.2. The molecule has 1 aromatic carbocycles. The molecule has 0 heterocycles. The van der Waals surface area contributed by atoms with E-state index in [0.29, 0.717) is 17.9 Å². The molecule has 0 saturated heterocycles. The van der Waals surface area contributed by atoms with Crippen molar-refractivity contribution < 1.29 is 13.5 Å². The largest absolute Gasteiger partial charge is 0.494 e. The minimum Gasteiger partial charge on any atom is -0.494 e. The molecule has 4 heteroatoms. The van der Waals surface area contributed by atoms with Gasteiger partial charge in [0.2, 0.25) is 0 Å². The van der Waals surface area contributed by atoms with Crippen LogP contribution >= 0.6 is 0 Å². The van der Waals surface area contributed by atoms with E-state index in [1.165, 1.54) is 88.8 Å². The molecule has 0 aliphatic carbocycles. The summed E-state index contributed by atoms with van der Waals surface area (Å²) in [5.74, 6) is 0.773. The van der Waals surface area contributed by atoms with E-state index in [1.54, 1.807) is 24.3 Å². The number of rotatable bonds is 18. The number of unbranched alkanes of at least 4 members (excludes halogenated alkanes) is 13. The maximum atomic E-state index is 12.1. The highest BCUT2D eigenvalue weighted by atomic mass is 32.2. The first-order valence-electron chi connectivity index (χ1n) is 11.9. The molecule has 1 N–H and O–H groups in total. The van der Waals surface area contributed by atoms with Gasteiger partial charge in [-0.15, -0.1) is 0 Å². The molecule has 1 aromatic rings. The molecule has 1 atom stereocenters. The van der Waals surface area contributed by atoms with Gasteiger partial charge in [-0.1, -0.05) is 97.3 Å². The van der Waals surface area contributed by atoms with E-state index in [2.05, 4.69) is 6.92 Å². The van der Waals surface area contributed by atoms with E-state index in [1.807, 2.05) is 6.92 Å². The monoisotopic (exact) mass is 424 g/mol. The fourth-order valence-electron chi connectivity index (χ4n) is 3.54. The van der Waals surface area contributed by atoms with Gasteiger partial charge in [-0.2, -0.15) is 0 Å². The Labute approximate surface area is 180 Å². The standard InChI is InChI=1S/C25H44O3S/c1-3-5-6-7-8-9-10-11-12-13-14-15-16-17-22-28-24-18-20-25(21-19-24)29(26,27)23-4-2/h18-21,23H,3-17,22H2,1-2H3,(H,26,27). The molecule has 29 heavy (non-hydrogen) atoms. The third kappa shape index (κ3) is 13.0. The summed E-state index contributed by atoms with van der Waals surface area (Å²) in [7, 11) is -3.01. The summed E-state index contributed by atoms with van der Waals surface area (Å²) in [5.41, 5.74) is 0. The quantitative estimate of drug-likeness (QED) is 0.192. The predicted molar refractivity (Wildman–Crippen MR) is 128 cm³/mol. The molecule has 0 spiro atoms. The van der Waals surface area contributed by atoms with E-state index >= 15 is 0 Å². The molecule has 0 bridgehead atoms. The Hall–Kier alpha value is -1.00. The highest BCUT2D eigenvalue weighted by molar-refractivity contribution is 7.96. The number of hydrogen-bond donors (Lipinski definition) is 1. The maximum absolute atomic E-state index is 12.1. The third-order valence-electron chi connectivity index (χ3n) is 5.32. The Morgan fingerprint density at radius 1 is 0.759 bits per heavy atom. The fourth-order valence-corrected chi connectivity index (χ4v) is 4.71. The number of benzene rings is 1. The summed E-state index contributed by atoms with van der Waals surface area (Å²) in [5, 5.41) is 1.46. The van der Waals surface area contributed by atoms with Crippen molar-refractivity contribution in [2.75, 3.05) is 6.61 Å². The second kappa shape index (κ2) is 16.8. The molecule has 0 aliphatic rings. The van der Waals surface area contributed by atoms with Crippen LogP contribution in [-0.4, -0.2) is 20.7 Å². The van der Waals surface area contributed by atoms with Gasteiger partial charge in [0.15, 0.2) is 0 Å². The Bertz CT molecular complexity index is 615. The van der Waals surface area contributed by atoms with Crippen molar-refractivity contribution in [3.05, 3.63) is 24.3 Å². The highest BCUT2D eigenvalue weighted by Crippen LogP contribution is 2.17. The van der Waals surface area contributed by atoms with Crippen LogP contribution in [0.1, 0.15) is 110 Å². The van der Waals surface area contributed by atoms with Gasteiger partial charge in [0, 0.05) is 0 Å². The van der Waals surface area contributed by atoms with Gasteiger partial charge in [-0.25, -0.2) is 4.21 Å². The van der Waals surface area contributed by atoms with Gasteiger partial charge in [0.05, 0.1) is 11.5 Å². The lowest BCUT2D eigenvalue weighted by Crippen LogP contribution is -2.03. The van der Waals surface area contributed by atoms with Crippen LogP contribution in [0.25, 0.3) is 0 Å². The van der Waals surface area contributed by atoms with Gasteiger partial charge in [0.1, 0.15) is 15.6 Å².